The summed E-state index contributed by atoms with van der Waals surface area (Å²) in [7, 11) is 1.64. The summed E-state index contributed by atoms with van der Waals surface area (Å²) in [6.45, 7) is 0. The first kappa shape index (κ1) is 13.7. The molecule has 2 nitrogen and oxygen atoms in total. The van der Waals surface area contributed by atoms with E-state index in [1.54, 1.807) is 24.9 Å². The average Bonchev–Trinajstić information content (AvgIpc) is 2.28. The van der Waals surface area contributed by atoms with Crippen molar-refractivity contribution in [2.24, 2.45) is 0 Å². The van der Waals surface area contributed by atoms with E-state index in [4.69, 9.17) is 23.2 Å². The third-order valence-electron chi connectivity index (χ3n) is 2.01. The number of carbonyl (C=O) groups excluding carboxylic acids is 1. The van der Waals surface area contributed by atoms with Gasteiger partial charge in [0.2, 0.25) is 5.91 Å². The van der Waals surface area contributed by atoms with Gasteiger partial charge >= 0.3 is 0 Å². The van der Waals surface area contributed by atoms with Crippen LogP contribution in [0.5, 0.6) is 0 Å². The van der Waals surface area contributed by atoms with Gasteiger partial charge in [-0.15, -0.1) is 0 Å². The summed E-state index contributed by atoms with van der Waals surface area (Å²) < 4.78 is 0. The van der Waals surface area contributed by atoms with Gasteiger partial charge < -0.3 is 5.32 Å². The summed E-state index contributed by atoms with van der Waals surface area (Å²) in [5, 5.41) is 3.73. The molecule has 0 heterocycles. The summed E-state index contributed by atoms with van der Waals surface area (Å²) in [5.41, 5.74) is 1.12. The second-order valence-electron chi connectivity index (χ2n) is 3.22. The summed E-state index contributed by atoms with van der Waals surface area (Å²) in [6.07, 6.45) is 0.544. The molecule has 0 saturated carbocycles. The molecule has 1 N–H and O–H groups in total. The zero-order chi connectivity index (χ0) is 12.0. The van der Waals surface area contributed by atoms with Crippen LogP contribution in [0.2, 0.25) is 10.0 Å². The number of amides is 1. The molecule has 0 aliphatic carbocycles. The van der Waals surface area contributed by atoms with E-state index in [1.165, 1.54) is 0 Å². The lowest BCUT2D eigenvalue weighted by molar-refractivity contribution is -0.120. The molecule has 0 radical (unpaired) electrons. The quantitative estimate of drug-likeness (QED) is 0.837. The molecule has 0 aliphatic heterocycles. The third kappa shape index (κ3) is 4.64. The third-order valence-corrected chi connectivity index (χ3v) is 3.77. The number of halogens is 2. The molecule has 0 spiro atoms. The molecule has 5 heteroatoms. The molecule has 1 aromatic rings. The molecule has 0 saturated heterocycles. The smallest absolute Gasteiger partial charge is 0.220 e. The molecule has 0 unspecified atom stereocenters. The Morgan fingerprint density at radius 1 is 1.38 bits per heavy atom. The second-order valence-corrected chi connectivity index (χ2v) is 5.14. The SMILES string of the molecule is CNC(=O)CCSCc1ccc(Cl)c(Cl)c1. The number of carbonyl (C=O) groups is 1. The highest BCUT2D eigenvalue weighted by Gasteiger charge is 2.01. The van der Waals surface area contributed by atoms with Crippen molar-refractivity contribution < 1.29 is 4.79 Å². The lowest BCUT2D eigenvalue weighted by Crippen LogP contribution is -2.17. The van der Waals surface area contributed by atoms with Gasteiger partial charge in [0.1, 0.15) is 0 Å². The van der Waals surface area contributed by atoms with E-state index < -0.39 is 0 Å². The number of thioether (sulfide) groups is 1. The van der Waals surface area contributed by atoms with Crippen molar-refractivity contribution in [3.8, 4) is 0 Å². The van der Waals surface area contributed by atoms with Crippen LogP contribution in [0, 0.1) is 0 Å². The fraction of sp³-hybridized carbons (Fsp3) is 0.364. The van der Waals surface area contributed by atoms with Crippen molar-refractivity contribution in [2.75, 3.05) is 12.8 Å². The number of nitrogens with one attached hydrogen (secondary N) is 1. The van der Waals surface area contributed by atoms with Crippen LogP contribution in [0.3, 0.4) is 0 Å². The van der Waals surface area contributed by atoms with Crippen molar-refractivity contribution in [1.82, 2.24) is 5.32 Å². The average molecular weight is 278 g/mol. The Morgan fingerprint density at radius 3 is 2.75 bits per heavy atom. The van der Waals surface area contributed by atoms with Crippen molar-refractivity contribution in [3.63, 3.8) is 0 Å². The van der Waals surface area contributed by atoms with Gasteiger partial charge in [-0.05, 0) is 17.7 Å². The first-order valence-corrected chi connectivity index (χ1v) is 6.77. The zero-order valence-electron chi connectivity index (χ0n) is 8.93. The molecular weight excluding hydrogens is 265 g/mol. The highest BCUT2D eigenvalue weighted by atomic mass is 35.5. The van der Waals surface area contributed by atoms with Crippen LogP contribution in [0.4, 0.5) is 0 Å². The normalized spacial score (nSPS) is 10.2. The van der Waals surface area contributed by atoms with Gasteiger partial charge in [-0.25, -0.2) is 0 Å². The van der Waals surface area contributed by atoms with Gasteiger partial charge in [0.05, 0.1) is 10.0 Å². The summed E-state index contributed by atoms with van der Waals surface area (Å²) in [4.78, 5) is 11.0. The predicted molar refractivity (Wildman–Crippen MR) is 71.3 cm³/mol. The van der Waals surface area contributed by atoms with Crippen LogP contribution in [-0.2, 0) is 10.5 Å². The molecule has 0 fully saturated rings. The molecule has 0 atom stereocenters. The summed E-state index contributed by atoms with van der Waals surface area (Å²) >= 11 is 13.4. The van der Waals surface area contributed by atoms with Crippen molar-refractivity contribution in [1.29, 1.82) is 0 Å². The fourth-order valence-corrected chi connectivity index (χ4v) is 2.32. The molecule has 88 valence electrons. The molecule has 0 bridgehead atoms. The number of benzene rings is 1. The molecule has 1 aromatic carbocycles. The van der Waals surface area contributed by atoms with Gasteiger partial charge in [0.25, 0.3) is 0 Å². The van der Waals surface area contributed by atoms with Crippen LogP contribution in [0.1, 0.15) is 12.0 Å². The first-order valence-electron chi connectivity index (χ1n) is 4.85. The van der Waals surface area contributed by atoms with Crippen LogP contribution >= 0.6 is 35.0 Å². The highest BCUT2D eigenvalue weighted by molar-refractivity contribution is 7.98. The van der Waals surface area contributed by atoms with Crippen molar-refractivity contribution in [2.45, 2.75) is 12.2 Å². The van der Waals surface area contributed by atoms with Crippen LogP contribution in [0.15, 0.2) is 18.2 Å². The molecule has 0 aliphatic rings. The molecule has 1 rings (SSSR count). The maximum Gasteiger partial charge on any atom is 0.220 e. The van der Waals surface area contributed by atoms with Crippen molar-refractivity contribution >= 4 is 40.9 Å². The summed E-state index contributed by atoms with van der Waals surface area (Å²) in [6, 6.07) is 5.59. The Balaban J connectivity index is 2.32. The van der Waals surface area contributed by atoms with Gasteiger partial charge in [0.15, 0.2) is 0 Å². The maximum absolute atomic E-state index is 11.0. The van der Waals surface area contributed by atoms with Crippen LogP contribution < -0.4 is 5.32 Å². The molecule has 16 heavy (non-hydrogen) atoms. The van der Waals surface area contributed by atoms with Gasteiger partial charge in [-0.1, -0.05) is 29.3 Å². The van der Waals surface area contributed by atoms with E-state index in [9.17, 15) is 4.79 Å². The Kier molecular flexibility index (Phi) is 6.03. The minimum absolute atomic E-state index is 0.0710. The monoisotopic (exact) mass is 277 g/mol. The topological polar surface area (TPSA) is 29.1 Å². The predicted octanol–water partition coefficient (Wildman–Crippen LogP) is 3.36. The van der Waals surface area contributed by atoms with Crippen molar-refractivity contribution in [3.05, 3.63) is 33.8 Å². The van der Waals surface area contributed by atoms with E-state index in [1.807, 2.05) is 12.1 Å². The molecular formula is C11H13Cl2NOS. The van der Waals surface area contributed by atoms with Crippen LogP contribution in [0.25, 0.3) is 0 Å². The van der Waals surface area contributed by atoms with E-state index in [0.717, 1.165) is 17.1 Å². The molecule has 1 amide bonds. The molecule has 0 aromatic heterocycles. The Hall–Kier alpha value is -0.380. The standard InChI is InChI=1S/C11H13Cl2NOS/c1-14-11(15)4-5-16-7-8-2-3-9(12)10(13)6-8/h2-3,6H,4-5,7H2,1H3,(H,14,15). The lowest BCUT2D eigenvalue weighted by Gasteiger charge is -2.03. The number of hydrogen-bond donors (Lipinski definition) is 1. The second kappa shape index (κ2) is 7.05. The Bertz CT molecular complexity index is 371. The van der Waals surface area contributed by atoms with E-state index in [2.05, 4.69) is 5.32 Å². The van der Waals surface area contributed by atoms with E-state index >= 15 is 0 Å². The summed E-state index contributed by atoms with van der Waals surface area (Å²) in [5.74, 6) is 1.72. The minimum Gasteiger partial charge on any atom is -0.359 e. The Morgan fingerprint density at radius 2 is 2.12 bits per heavy atom. The maximum atomic E-state index is 11.0. The number of rotatable bonds is 5. The van der Waals surface area contributed by atoms with Gasteiger partial charge in [-0.3, -0.25) is 4.79 Å². The van der Waals surface area contributed by atoms with E-state index in [0.29, 0.717) is 16.5 Å². The fourth-order valence-electron chi connectivity index (χ4n) is 1.11. The lowest BCUT2D eigenvalue weighted by atomic mass is 10.2. The Labute approximate surface area is 110 Å². The largest absolute Gasteiger partial charge is 0.359 e. The zero-order valence-corrected chi connectivity index (χ0v) is 11.3. The minimum atomic E-state index is 0.0710. The van der Waals surface area contributed by atoms with Crippen LogP contribution in [-0.4, -0.2) is 18.7 Å². The van der Waals surface area contributed by atoms with Gasteiger partial charge in [0, 0.05) is 25.0 Å². The highest BCUT2D eigenvalue weighted by Crippen LogP contribution is 2.24. The first-order chi connectivity index (χ1) is 7.63. The number of hydrogen-bond acceptors (Lipinski definition) is 2. The van der Waals surface area contributed by atoms with E-state index in [-0.39, 0.29) is 5.91 Å². The van der Waals surface area contributed by atoms with Gasteiger partial charge in [-0.2, -0.15) is 11.8 Å².